The Kier molecular flexibility index (Phi) is 3.81. The lowest BCUT2D eigenvalue weighted by molar-refractivity contribution is -0.116. The summed E-state index contributed by atoms with van der Waals surface area (Å²) in [7, 11) is -4.26. The number of rotatable bonds is 3. The number of benzene rings is 2. The van der Waals surface area contributed by atoms with Crippen molar-refractivity contribution in [1.82, 2.24) is 0 Å². The fourth-order valence-corrected chi connectivity index (χ4v) is 3.37. The Bertz CT molecular complexity index is 893. The van der Waals surface area contributed by atoms with Gasteiger partial charge in [-0.25, -0.2) is 4.39 Å². The molecule has 0 spiro atoms. The van der Waals surface area contributed by atoms with Gasteiger partial charge in [-0.15, -0.1) is 0 Å². The zero-order chi connectivity index (χ0) is 16.6. The van der Waals surface area contributed by atoms with Gasteiger partial charge in [-0.3, -0.25) is 4.79 Å². The van der Waals surface area contributed by atoms with E-state index in [-0.39, 0.29) is 11.7 Å². The van der Waals surface area contributed by atoms with Crippen molar-refractivity contribution in [1.29, 1.82) is 0 Å². The number of carbonyl (C=O) groups excluding carboxylic acids is 1. The zero-order valence-electron chi connectivity index (χ0n) is 12.3. The van der Waals surface area contributed by atoms with Crippen molar-refractivity contribution < 1.29 is 21.8 Å². The molecule has 0 fully saturated rings. The molecule has 1 aliphatic heterocycles. The van der Waals surface area contributed by atoms with E-state index in [4.69, 9.17) is 4.18 Å². The van der Waals surface area contributed by atoms with Crippen molar-refractivity contribution in [3.05, 3.63) is 53.3 Å². The van der Waals surface area contributed by atoms with E-state index in [0.717, 1.165) is 11.6 Å². The molecular weight excluding hydrogens is 321 g/mol. The molecule has 2 aromatic carbocycles. The lowest BCUT2D eigenvalue weighted by Gasteiger charge is -2.17. The summed E-state index contributed by atoms with van der Waals surface area (Å²) in [5, 5.41) is 2.69. The highest BCUT2D eigenvalue weighted by molar-refractivity contribution is 7.87. The number of fused-ring (bicyclic) bond motifs is 1. The van der Waals surface area contributed by atoms with E-state index < -0.39 is 20.8 Å². The Morgan fingerprint density at radius 1 is 1.13 bits per heavy atom. The minimum Gasteiger partial charge on any atom is -0.379 e. The van der Waals surface area contributed by atoms with E-state index in [1.807, 2.05) is 0 Å². The van der Waals surface area contributed by atoms with Crippen LogP contribution in [0.15, 0.2) is 41.3 Å². The zero-order valence-corrected chi connectivity index (χ0v) is 13.1. The number of halogens is 1. The molecule has 0 atom stereocenters. The molecule has 1 N–H and O–H groups in total. The van der Waals surface area contributed by atoms with Crippen molar-refractivity contribution in [2.45, 2.75) is 24.7 Å². The van der Waals surface area contributed by atoms with Gasteiger partial charge in [0.15, 0.2) is 0 Å². The number of carbonyl (C=O) groups is 1. The van der Waals surface area contributed by atoms with Crippen LogP contribution in [0.3, 0.4) is 0 Å². The van der Waals surface area contributed by atoms with Crippen LogP contribution < -0.4 is 9.50 Å². The number of aryl methyl sites for hydroxylation is 2. The van der Waals surface area contributed by atoms with Crippen molar-refractivity contribution in [3.63, 3.8) is 0 Å². The van der Waals surface area contributed by atoms with Crippen LogP contribution in [-0.2, 0) is 21.3 Å². The first-order chi connectivity index (χ1) is 10.8. The molecule has 1 amide bonds. The first-order valence-electron chi connectivity index (χ1n) is 6.98. The number of hydrogen-bond donors (Lipinski definition) is 1. The lowest BCUT2D eigenvalue weighted by atomic mass is 10.0. The van der Waals surface area contributed by atoms with E-state index in [9.17, 15) is 17.6 Å². The van der Waals surface area contributed by atoms with Gasteiger partial charge in [0.1, 0.15) is 16.5 Å². The number of amides is 1. The van der Waals surface area contributed by atoms with E-state index >= 15 is 0 Å². The summed E-state index contributed by atoms with van der Waals surface area (Å²) in [5.41, 5.74) is 2.03. The molecule has 120 valence electrons. The van der Waals surface area contributed by atoms with Crippen LogP contribution in [0.4, 0.5) is 10.1 Å². The minimum atomic E-state index is -4.26. The van der Waals surface area contributed by atoms with Crippen LogP contribution in [0.1, 0.15) is 17.5 Å². The van der Waals surface area contributed by atoms with Gasteiger partial charge in [-0.05, 0) is 54.8 Å². The first-order valence-corrected chi connectivity index (χ1v) is 8.39. The smallest absolute Gasteiger partial charge is 0.342 e. The highest BCUT2D eigenvalue weighted by Gasteiger charge is 2.23. The molecule has 1 heterocycles. The molecule has 23 heavy (non-hydrogen) atoms. The molecule has 0 unspecified atom stereocenters. The van der Waals surface area contributed by atoms with E-state index in [1.165, 1.54) is 18.2 Å². The third kappa shape index (κ3) is 3.19. The minimum absolute atomic E-state index is 0.0829. The molecule has 0 bridgehead atoms. The second kappa shape index (κ2) is 5.66. The molecule has 0 aliphatic carbocycles. The van der Waals surface area contributed by atoms with Crippen LogP contribution in [0.25, 0.3) is 0 Å². The maximum atomic E-state index is 13.9. The number of nitrogens with one attached hydrogen (secondary N) is 1. The fraction of sp³-hybridized carbons (Fsp3) is 0.188. The van der Waals surface area contributed by atoms with Gasteiger partial charge in [0.05, 0.1) is 0 Å². The van der Waals surface area contributed by atoms with Crippen LogP contribution in [-0.4, -0.2) is 14.3 Å². The SMILES string of the molecule is Cc1ccc(S(=O)(=O)Oc2ccc3c(c2)CCC(=O)N3)c(F)c1. The van der Waals surface area contributed by atoms with Crippen LogP contribution in [0, 0.1) is 12.7 Å². The predicted octanol–water partition coefficient (Wildman–Crippen LogP) is 2.79. The lowest BCUT2D eigenvalue weighted by Crippen LogP contribution is -2.19. The molecule has 0 saturated heterocycles. The Morgan fingerprint density at radius 3 is 2.65 bits per heavy atom. The average molecular weight is 335 g/mol. The monoisotopic (exact) mass is 335 g/mol. The summed E-state index contributed by atoms with van der Waals surface area (Å²) < 4.78 is 43.3. The quantitative estimate of drug-likeness (QED) is 0.876. The van der Waals surface area contributed by atoms with Gasteiger partial charge >= 0.3 is 10.1 Å². The normalized spacial score (nSPS) is 14.1. The van der Waals surface area contributed by atoms with Crippen molar-refractivity contribution in [3.8, 4) is 5.75 Å². The van der Waals surface area contributed by atoms with Crippen LogP contribution in [0.5, 0.6) is 5.75 Å². The van der Waals surface area contributed by atoms with Crippen LogP contribution in [0.2, 0.25) is 0 Å². The van der Waals surface area contributed by atoms with Crippen LogP contribution >= 0.6 is 0 Å². The average Bonchev–Trinajstić information content (AvgIpc) is 2.46. The Hall–Kier alpha value is -2.41. The third-order valence-electron chi connectivity index (χ3n) is 3.53. The number of anilines is 1. The second-order valence-electron chi connectivity index (χ2n) is 5.34. The first kappa shape index (κ1) is 15.5. The molecule has 0 radical (unpaired) electrons. The van der Waals surface area contributed by atoms with Gasteiger partial charge in [0.2, 0.25) is 5.91 Å². The Morgan fingerprint density at radius 2 is 1.91 bits per heavy atom. The Balaban J connectivity index is 1.90. The number of hydrogen-bond acceptors (Lipinski definition) is 4. The summed E-state index contributed by atoms with van der Waals surface area (Å²) in [4.78, 5) is 10.8. The maximum Gasteiger partial charge on any atom is 0.342 e. The topological polar surface area (TPSA) is 72.5 Å². The fourth-order valence-electron chi connectivity index (χ4n) is 2.39. The summed E-state index contributed by atoms with van der Waals surface area (Å²) in [6, 6.07) is 8.36. The highest BCUT2D eigenvalue weighted by Crippen LogP contribution is 2.29. The molecule has 3 rings (SSSR count). The van der Waals surface area contributed by atoms with E-state index in [1.54, 1.807) is 19.1 Å². The largest absolute Gasteiger partial charge is 0.379 e. The summed E-state index contributed by atoms with van der Waals surface area (Å²) in [5.74, 6) is -0.851. The molecule has 7 heteroatoms. The van der Waals surface area contributed by atoms with Gasteiger partial charge in [-0.2, -0.15) is 8.42 Å². The molecule has 0 saturated carbocycles. The van der Waals surface area contributed by atoms with Gasteiger partial charge in [0, 0.05) is 12.1 Å². The second-order valence-corrected chi connectivity index (χ2v) is 6.85. The maximum absolute atomic E-state index is 13.9. The predicted molar refractivity (Wildman–Crippen MR) is 82.3 cm³/mol. The summed E-state index contributed by atoms with van der Waals surface area (Å²) in [6.07, 6.45) is 0.826. The van der Waals surface area contributed by atoms with Gasteiger partial charge in [-0.1, -0.05) is 6.07 Å². The van der Waals surface area contributed by atoms with E-state index in [0.29, 0.717) is 24.1 Å². The van der Waals surface area contributed by atoms with E-state index in [2.05, 4.69) is 5.32 Å². The summed E-state index contributed by atoms with van der Waals surface area (Å²) in [6.45, 7) is 1.66. The van der Waals surface area contributed by atoms with Crippen molar-refractivity contribution >= 4 is 21.7 Å². The molecule has 0 aromatic heterocycles. The third-order valence-corrected chi connectivity index (χ3v) is 4.82. The Labute approximate surface area is 133 Å². The molecule has 2 aromatic rings. The van der Waals surface area contributed by atoms with Crippen molar-refractivity contribution in [2.24, 2.45) is 0 Å². The van der Waals surface area contributed by atoms with Gasteiger partial charge in [0.25, 0.3) is 0 Å². The molecule has 5 nitrogen and oxygen atoms in total. The molecular formula is C16H14FNO4S. The highest BCUT2D eigenvalue weighted by atomic mass is 32.2. The van der Waals surface area contributed by atoms with Gasteiger partial charge < -0.3 is 9.50 Å². The van der Waals surface area contributed by atoms with Crippen molar-refractivity contribution in [2.75, 3.05) is 5.32 Å². The standard InChI is InChI=1S/C16H14FNO4S/c1-10-2-6-15(13(17)8-10)23(20,21)22-12-4-5-14-11(9-12)3-7-16(19)18-14/h2,4-6,8-9H,3,7H2,1H3,(H,18,19). The molecule has 1 aliphatic rings. The summed E-state index contributed by atoms with van der Waals surface area (Å²) >= 11 is 0.